The molecule has 30 heavy (non-hydrogen) atoms. The Bertz CT molecular complexity index is 1180. The third-order valence-electron chi connectivity index (χ3n) is 4.71. The van der Waals surface area contributed by atoms with Crippen molar-refractivity contribution >= 4 is 0 Å². The first-order chi connectivity index (χ1) is 14.6. The molecular formula is C21H20N4O5. The Labute approximate surface area is 172 Å². The topological polar surface area (TPSA) is 97.6 Å². The van der Waals surface area contributed by atoms with Crippen molar-refractivity contribution in [3.8, 4) is 28.9 Å². The van der Waals surface area contributed by atoms with Gasteiger partial charge in [-0.25, -0.2) is 0 Å². The van der Waals surface area contributed by atoms with Crippen molar-refractivity contribution in [1.29, 1.82) is 0 Å². The van der Waals surface area contributed by atoms with Crippen molar-refractivity contribution in [3.05, 3.63) is 59.4 Å². The lowest BCUT2D eigenvalue weighted by Gasteiger charge is -2.05. The standard InChI is InChI=1S/C21H20N4O5/c1-13-9-14(2)25(24-13)8-7-20-22-23-21(30-20)18-6-4-16(29-18)11-26-15-3-5-17-19(10-15)28-12-27-17/h3-6,9-10H,7-8,11-12H2,1-2H3. The number of rotatable bonds is 7. The normalized spacial score (nSPS) is 12.5. The minimum absolute atomic E-state index is 0.230. The van der Waals surface area contributed by atoms with E-state index in [1.165, 1.54) is 0 Å². The number of fused-ring (bicyclic) bond motifs is 1. The summed E-state index contributed by atoms with van der Waals surface area (Å²) in [5.74, 6) is 4.08. The molecule has 0 aliphatic carbocycles. The van der Waals surface area contributed by atoms with Gasteiger partial charge in [-0.2, -0.15) is 5.10 Å². The molecular weight excluding hydrogens is 388 g/mol. The highest BCUT2D eigenvalue weighted by Gasteiger charge is 2.16. The number of furan rings is 1. The van der Waals surface area contributed by atoms with Gasteiger partial charge in [-0.15, -0.1) is 10.2 Å². The van der Waals surface area contributed by atoms with Gasteiger partial charge < -0.3 is 23.0 Å². The summed E-state index contributed by atoms with van der Waals surface area (Å²) in [5.41, 5.74) is 2.09. The van der Waals surface area contributed by atoms with E-state index in [9.17, 15) is 0 Å². The van der Waals surface area contributed by atoms with Gasteiger partial charge in [0.05, 0.1) is 5.69 Å². The van der Waals surface area contributed by atoms with Crippen LogP contribution >= 0.6 is 0 Å². The van der Waals surface area contributed by atoms with E-state index in [1.807, 2.05) is 42.8 Å². The second kappa shape index (κ2) is 7.58. The molecule has 0 amide bonds. The molecule has 9 heteroatoms. The third kappa shape index (κ3) is 3.73. The summed E-state index contributed by atoms with van der Waals surface area (Å²) in [6.45, 7) is 5.16. The molecule has 3 aromatic heterocycles. The predicted molar refractivity (Wildman–Crippen MR) is 104 cm³/mol. The van der Waals surface area contributed by atoms with Gasteiger partial charge in [0, 0.05) is 24.7 Å². The first-order valence-electron chi connectivity index (χ1n) is 9.59. The Morgan fingerprint density at radius 1 is 1.00 bits per heavy atom. The highest BCUT2D eigenvalue weighted by molar-refractivity contribution is 5.47. The monoisotopic (exact) mass is 408 g/mol. The van der Waals surface area contributed by atoms with Crippen LogP contribution < -0.4 is 14.2 Å². The number of benzene rings is 1. The smallest absolute Gasteiger partial charge is 0.283 e. The first kappa shape index (κ1) is 18.3. The molecule has 0 N–H and O–H groups in total. The number of hydrogen-bond acceptors (Lipinski definition) is 8. The molecule has 0 saturated carbocycles. The lowest BCUT2D eigenvalue weighted by atomic mass is 10.3. The van der Waals surface area contributed by atoms with Gasteiger partial charge in [0.15, 0.2) is 17.3 Å². The van der Waals surface area contributed by atoms with Gasteiger partial charge in [-0.1, -0.05) is 0 Å². The van der Waals surface area contributed by atoms with Crippen LogP contribution in [0, 0.1) is 13.8 Å². The number of aromatic nitrogens is 4. The summed E-state index contributed by atoms with van der Waals surface area (Å²) in [6.07, 6.45) is 0.593. The zero-order valence-electron chi connectivity index (χ0n) is 16.6. The molecule has 1 aliphatic heterocycles. The molecule has 4 aromatic rings. The second-order valence-corrected chi connectivity index (χ2v) is 6.97. The lowest BCUT2D eigenvalue weighted by Crippen LogP contribution is -2.05. The van der Waals surface area contributed by atoms with Crippen LogP contribution in [0.15, 0.2) is 45.2 Å². The Morgan fingerprint density at radius 2 is 1.90 bits per heavy atom. The van der Waals surface area contributed by atoms with E-state index in [2.05, 4.69) is 15.3 Å². The van der Waals surface area contributed by atoms with Gasteiger partial charge in [-0.05, 0) is 44.2 Å². The van der Waals surface area contributed by atoms with Crippen molar-refractivity contribution in [1.82, 2.24) is 20.0 Å². The average Bonchev–Trinajstić information content (AvgIpc) is 3.51. The van der Waals surface area contributed by atoms with Crippen LogP contribution in [0.1, 0.15) is 23.0 Å². The molecule has 5 rings (SSSR count). The van der Waals surface area contributed by atoms with Crippen LogP contribution in [0.4, 0.5) is 0 Å². The molecule has 4 heterocycles. The Morgan fingerprint density at radius 3 is 2.77 bits per heavy atom. The molecule has 0 fully saturated rings. The lowest BCUT2D eigenvalue weighted by molar-refractivity contribution is 0.173. The zero-order chi connectivity index (χ0) is 20.5. The summed E-state index contributed by atoms with van der Waals surface area (Å²) < 4.78 is 29.9. The molecule has 0 atom stereocenters. The van der Waals surface area contributed by atoms with E-state index in [4.69, 9.17) is 23.0 Å². The largest absolute Gasteiger partial charge is 0.486 e. The molecule has 0 saturated heterocycles. The van der Waals surface area contributed by atoms with E-state index in [-0.39, 0.29) is 13.4 Å². The zero-order valence-corrected chi connectivity index (χ0v) is 16.6. The Balaban J connectivity index is 1.20. The second-order valence-electron chi connectivity index (χ2n) is 6.97. The molecule has 0 radical (unpaired) electrons. The fourth-order valence-corrected chi connectivity index (χ4v) is 3.25. The van der Waals surface area contributed by atoms with E-state index in [1.54, 1.807) is 12.1 Å². The summed E-state index contributed by atoms with van der Waals surface area (Å²) in [4.78, 5) is 0. The number of aryl methyl sites for hydroxylation is 4. The summed E-state index contributed by atoms with van der Waals surface area (Å²) in [7, 11) is 0. The maximum atomic E-state index is 5.79. The predicted octanol–water partition coefficient (Wildman–Crippen LogP) is 3.69. The van der Waals surface area contributed by atoms with E-state index in [0.29, 0.717) is 53.5 Å². The van der Waals surface area contributed by atoms with Crippen molar-refractivity contribution in [2.45, 2.75) is 33.4 Å². The van der Waals surface area contributed by atoms with Crippen molar-refractivity contribution < 1.29 is 23.0 Å². The van der Waals surface area contributed by atoms with Crippen LogP contribution in [-0.2, 0) is 19.6 Å². The molecule has 0 bridgehead atoms. The van der Waals surface area contributed by atoms with Crippen LogP contribution in [-0.4, -0.2) is 26.8 Å². The Hall–Kier alpha value is -3.75. The number of hydrogen-bond donors (Lipinski definition) is 0. The SMILES string of the molecule is Cc1cc(C)n(CCc2nnc(-c3ccc(COc4ccc5c(c4)OCO5)o3)o2)n1. The quantitative estimate of drug-likeness (QED) is 0.457. The minimum Gasteiger partial charge on any atom is -0.486 e. The van der Waals surface area contributed by atoms with E-state index >= 15 is 0 Å². The van der Waals surface area contributed by atoms with Gasteiger partial charge in [0.1, 0.15) is 18.1 Å². The molecule has 154 valence electrons. The summed E-state index contributed by atoms with van der Waals surface area (Å²) in [5, 5.41) is 12.6. The van der Waals surface area contributed by atoms with Gasteiger partial charge in [-0.3, -0.25) is 4.68 Å². The Kier molecular flexibility index (Phi) is 4.62. The number of ether oxygens (including phenoxy) is 3. The molecule has 0 spiro atoms. The molecule has 1 aliphatic rings. The van der Waals surface area contributed by atoms with Crippen LogP contribution in [0.2, 0.25) is 0 Å². The average molecular weight is 408 g/mol. The summed E-state index contributed by atoms with van der Waals surface area (Å²) >= 11 is 0. The van der Waals surface area contributed by atoms with Gasteiger partial charge in [0.2, 0.25) is 12.7 Å². The highest BCUT2D eigenvalue weighted by Crippen LogP contribution is 2.35. The fraction of sp³-hybridized carbons (Fsp3) is 0.286. The van der Waals surface area contributed by atoms with E-state index in [0.717, 1.165) is 11.4 Å². The van der Waals surface area contributed by atoms with Crippen molar-refractivity contribution in [2.24, 2.45) is 0 Å². The van der Waals surface area contributed by atoms with Gasteiger partial charge >= 0.3 is 0 Å². The van der Waals surface area contributed by atoms with Crippen LogP contribution in [0.3, 0.4) is 0 Å². The maximum absolute atomic E-state index is 5.79. The molecule has 9 nitrogen and oxygen atoms in total. The maximum Gasteiger partial charge on any atom is 0.283 e. The van der Waals surface area contributed by atoms with Crippen LogP contribution in [0.5, 0.6) is 17.2 Å². The number of nitrogens with zero attached hydrogens (tertiary/aromatic N) is 4. The summed E-state index contributed by atoms with van der Waals surface area (Å²) in [6, 6.07) is 11.1. The van der Waals surface area contributed by atoms with E-state index < -0.39 is 0 Å². The minimum atomic E-state index is 0.230. The molecule has 0 unspecified atom stereocenters. The third-order valence-corrected chi connectivity index (χ3v) is 4.71. The fourth-order valence-electron chi connectivity index (χ4n) is 3.25. The van der Waals surface area contributed by atoms with Gasteiger partial charge in [0.25, 0.3) is 5.89 Å². The van der Waals surface area contributed by atoms with Crippen LogP contribution in [0.25, 0.3) is 11.7 Å². The van der Waals surface area contributed by atoms with Crippen molar-refractivity contribution in [3.63, 3.8) is 0 Å². The molecule has 1 aromatic carbocycles. The first-order valence-corrected chi connectivity index (χ1v) is 9.59. The highest BCUT2D eigenvalue weighted by atomic mass is 16.7. The van der Waals surface area contributed by atoms with Crippen molar-refractivity contribution in [2.75, 3.05) is 6.79 Å².